The number of rotatable bonds is 4. The molecule has 0 saturated carbocycles. The average molecular weight is 355 g/mol. The molecule has 0 saturated heterocycles. The Labute approximate surface area is 146 Å². The number of nitro benzene ring substituents is 1. The first-order chi connectivity index (χ1) is 12.5. The van der Waals surface area contributed by atoms with Crippen LogP contribution in [0.1, 0.15) is 11.3 Å². The topological polar surface area (TPSA) is 83.0 Å². The van der Waals surface area contributed by atoms with Crippen LogP contribution in [0.4, 0.5) is 14.5 Å². The Morgan fingerprint density at radius 2 is 1.85 bits per heavy atom. The third kappa shape index (κ3) is 3.54. The van der Waals surface area contributed by atoms with Crippen molar-refractivity contribution in [3.05, 3.63) is 92.9 Å². The van der Waals surface area contributed by atoms with E-state index in [9.17, 15) is 24.1 Å². The van der Waals surface area contributed by atoms with E-state index in [-0.39, 0.29) is 22.8 Å². The van der Waals surface area contributed by atoms with E-state index in [1.807, 2.05) is 0 Å². The average Bonchev–Trinajstić information content (AvgIpc) is 2.63. The van der Waals surface area contributed by atoms with Crippen LogP contribution in [0.3, 0.4) is 0 Å². The Morgan fingerprint density at radius 1 is 1.04 bits per heavy atom. The van der Waals surface area contributed by atoms with Crippen molar-refractivity contribution < 1.29 is 18.4 Å². The third-order valence-corrected chi connectivity index (χ3v) is 3.57. The van der Waals surface area contributed by atoms with Crippen molar-refractivity contribution in [3.63, 3.8) is 0 Å². The molecular weight excluding hydrogens is 344 g/mol. The van der Waals surface area contributed by atoms with Crippen LogP contribution < -0.4 is 4.73 Å². The lowest BCUT2D eigenvalue weighted by molar-refractivity contribution is -0.598. The van der Waals surface area contributed by atoms with E-state index in [1.165, 1.54) is 54.7 Å². The highest BCUT2D eigenvalue weighted by Gasteiger charge is 2.16. The number of hydrogen-bond donors (Lipinski definition) is 0. The molecular formula is C18H11F2N3O3. The van der Waals surface area contributed by atoms with Gasteiger partial charge in [-0.3, -0.25) is 10.1 Å². The fourth-order valence-electron chi connectivity index (χ4n) is 2.30. The molecule has 0 spiro atoms. The molecule has 0 aliphatic rings. The van der Waals surface area contributed by atoms with Crippen LogP contribution in [0.5, 0.6) is 0 Å². The summed E-state index contributed by atoms with van der Waals surface area (Å²) >= 11 is 0. The molecule has 0 fully saturated rings. The van der Waals surface area contributed by atoms with Gasteiger partial charge in [0.2, 0.25) is 0 Å². The van der Waals surface area contributed by atoms with Crippen LogP contribution in [0, 0.1) is 27.0 Å². The van der Waals surface area contributed by atoms with Gasteiger partial charge in [-0.1, -0.05) is 18.2 Å². The van der Waals surface area contributed by atoms with Crippen molar-refractivity contribution in [1.82, 2.24) is 4.98 Å². The van der Waals surface area contributed by atoms with Gasteiger partial charge in [0, 0.05) is 18.2 Å². The maximum atomic E-state index is 13.2. The molecule has 0 atom stereocenters. The lowest BCUT2D eigenvalue weighted by Gasteiger charge is -2.09. The summed E-state index contributed by atoms with van der Waals surface area (Å²) in [5.41, 5.74) is 0.688. The monoisotopic (exact) mass is 355 g/mol. The number of nitro groups is 1. The molecule has 3 rings (SSSR count). The summed E-state index contributed by atoms with van der Waals surface area (Å²) in [6.07, 6.45) is 4.25. The number of nitrogens with zero attached hydrogens (tertiary/aromatic N) is 3. The summed E-state index contributed by atoms with van der Waals surface area (Å²) in [4.78, 5) is 14.3. The Hall–Kier alpha value is -3.68. The molecule has 6 nitrogen and oxygen atoms in total. The van der Waals surface area contributed by atoms with Gasteiger partial charge < -0.3 is 5.21 Å². The van der Waals surface area contributed by atoms with E-state index in [0.29, 0.717) is 10.3 Å². The summed E-state index contributed by atoms with van der Waals surface area (Å²) in [5.74, 6) is -1.96. The van der Waals surface area contributed by atoms with E-state index in [0.717, 1.165) is 12.1 Å². The quantitative estimate of drug-likeness (QED) is 0.309. The Kier molecular flexibility index (Phi) is 4.66. The smallest absolute Gasteiger partial charge is 0.333 e. The molecule has 1 heterocycles. The maximum Gasteiger partial charge on any atom is 0.333 e. The van der Waals surface area contributed by atoms with E-state index in [2.05, 4.69) is 4.98 Å². The minimum Gasteiger partial charge on any atom is -0.710 e. The largest absolute Gasteiger partial charge is 0.710 e. The van der Waals surface area contributed by atoms with E-state index < -0.39 is 16.6 Å². The van der Waals surface area contributed by atoms with Gasteiger partial charge in [0.1, 0.15) is 11.9 Å². The SMILES string of the molecule is O=[N+]([O-])c1cccc(-c2nccc(/C=C/c3ccc(F)c(F)c3)[n+]2[O-])c1. The van der Waals surface area contributed by atoms with Gasteiger partial charge >= 0.3 is 5.82 Å². The highest BCUT2D eigenvalue weighted by Crippen LogP contribution is 2.20. The fourth-order valence-corrected chi connectivity index (χ4v) is 2.30. The van der Waals surface area contributed by atoms with Crippen molar-refractivity contribution in [2.75, 3.05) is 0 Å². The lowest BCUT2D eigenvalue weighted by Crippen LogP contribution is -2.33. The molecule has 0 bridgehead atoms. The van der Waals surface area contributed by atoms with Crippen molar-refractivity contribution in [2.45, 2.75) is 0 Å². The number of aromatic nitrogens is 2. The van der Waals surface area contributed by atoms with Crippen LogP contribution in [0.25, 0.3) is 23.5 Å². The minimum atomic E-state index is -0.992. The summed E-state index contributed by atoms with van der Waals surface area (Å²) in [6, 6.07) is 10.3. The maximum absolute atomic E-state index is 13.2. The van der Waals surface area contributed by atoms with Gasteiger partial charge in [-0.15, -0.1) is 0 Å². The zero-order valence-electron chi connectivity index (χ0n) is 13.2. The molecule has 0 unspecified atom stereocenters. The van der Waals surface area contributed by atoms with Gasteiger partial charge in [0.15, 0.2) is 11.6 Å². The van der Waals surface area contributed by atoms with E-state index in [1.54, 1.807) is 0 Å². The number of hydrogen-bond acceptors (Lipinski definition) is 4. The molecule has 0 aliphatic heterocycles. The van der Waals surface area contributed by atoms with Crippen LogP contribution in [-0.2, 0) is 0 Å². The summed E-state index contributed by atoms with van der Waals surface area (Å²) in [6.45, 7) is 0. The zero-order valence-corrected chi connectivity index (χ0v) is 13.2. The Bertz CT molecular complexity index is 1020. The summed E-state index contributed by atoms with van der Waals surface area (Å²) in [5, 5.41) is 23.4. The number of non-ortho nitro benzene ring substituents is 1. The molecule has 0 aliphatic carbocycles. The zero-order chi connectivity index (χ0) is 18.7. The summed E-state index contributed by atoms with van der Waals surface area (Å²) < 4.78 is 26.7. The Balaban J connectivity index is 1.97. The molecule has 0 N–H and O–H groups in total. The normalized spacial score (nSPS) is 11.0. The van der Waals surface area contributed by atoms with E-state index >= 15 is 0 Å². The van der Waals surface area contributed by atoms with Gasteiger partial charge in [-0.25, -0.2) is 13.5 Å². The molecule has 0 radical (unpaired) electrons. The predicted molar refractivity (Wildman–Crippen MR) is 90.6 cm³/mol. The van der Waals surface area contributed by atoms with Crippen molar-refractivity contribution in [1.29, 1.82) is 0 Å². The second-order valence-electron chi connectivity index (χ2n) is 5.30. The fraction of sp³-hybridized carbons (Fsp3) is 0. The molecule has 26 heavy (non-hydrogen) atoms. The molecule has 0 amide bonds. The first-order valence-corrected chi connectivity index (χ1v) is 7.42. The molecule has 1 aromatic heterocycles. The van der Waals surface area contributed by atoms with Crippen molar-refractivity contribution in [2.24, 2.45) is 0 Å². The summed E-state index contributed by atoms with van der Waals surface area (Å²) in [7, 11) is 0. The van der Waals surface area contributed by atoms with Crippen LogP contribution in [0.15, 0.2) is 54.7 Å². The van der Waals surface area contributed by atoms with E-state index in [4.69, 9.17) is 0 Å². The second-order valence-corrected chi connectivity index (χ2v) is 5.30. The standard InChI is InChI=1S/C18H11F2N3O3/c19-16-7-5-12(10-17(16)20)4-6-14-8-9-21-18(22(14)24)13-2-1-3-15(11-13)23(25)26/h1-11H/b6-4+. The van der Waals surface area contributed by atoms with Crippen LogP contribution in [0.2, 0.25) is 0 Å². The van der Waals surface area contributed by atoms with Crippen LogP contribution >= 0.6 is 0 Å². The number of benzene rings is 2. The van der Waals surface area contributed by atoms with Crippen molar-refractivity contribution >= 4 is 17.8 Å². The molecule has 3 aromatic rings. The predicted octanol–water partition coefficient (Wildman–Crippen LogP) is 3.74. The molecule has 2 aromatic carbocycles. The van der Waals surface area contributed by atoms with Crippen LogP contribution in [-0.4, -0.2) is 9.91 Å². The lowest BCUT2D eigenvalue weighted by atomic mass is 10.1. The highest BCUT2D eigenvalue weighted by molar-refractivity contribution is 5.67. The Morgan fingerprint density at radius 3 is 2.58 bits per heavy atom. The van der Waals surface area contributed by atoms with Gasteiger partial charge in [0.25, 0.3) is 5.69 Å². The first-order valence-electron chi connectivity index (χ1n) is 7.42. The third-order valence-electron chi connectivity index (χ3n) is 3.57. The minimum absolute atomic E-state index is 0.0128. The molecule has 130 valence electrons. The number of halogens is 2. The van der Waals surface area contributed by atoms with Crippen molar-refractivity contribution in [3.8, 4) is 11.4 Å². The second kappa shape index (κ2) is 7.06. The first kappa shape index (κ1) is 17.2. The molecule has 8 heteroatoms. The van der Waals surface area contributed by atoms with Gasteiger partial charge in [-0.05, 0) is 34.8 Å². The highest BCUT2D eigenvalue weighted by atomic mass is 19.2. The van der Waals surface area contributed by atoms with Gasteiger partial charge in [0.05, 0.1) is 10.5 Å². The van der Waals surface area contributed by atoms with Gasteiger partial charge in [-0.2, -0.15) is 0 Å².